The molecule has 29 heavy (non-hydrogen) atoms. The number of rotatable bonds is 8. The number of benzene rings is 1. The minimum absolute atomic E-state index is 0.0313. The molecular weight excluding hydrogens is 368 g/mol. The highest BCUT2D eigenvalue weighted by Gasteiger charge is 2.57. The number of aliphatic hydroxyl groups is 2. The second kappa shape index (κ2) is 9.02. The van der Waals surface area contributed by atoms with E-state index < -0.39 is 23.6 Å². The molecule has 0 radical (unpaired) electrons. The van der Waals surface area contributed by atoms with Gasteiger partial charge in [0.15, 0.2) is 0 Å². The van der Waals surface area contributed by atoms with Crippen LogP contribution in [0, 0.1) is 23.2 Å². The lowest BCUT2D eigenvalue weighted by Gasteiger charge is -2.35. The fourth-order valence-electron chi connectivity index (χ4n) is 4.76. The fourth-order valence-corrected chi connectivity index (χ4v) is 4.76. The van der Waals surface area contributed by atoms with Crippen molar-refractivity contribution in [3.8, 4) is 17.6 Å². The second-order valence-corrected chi connectivity index (χ2v) is 8.24. The van der Waals surface area contributed by atoms with Crippen LogP contribution < -0.4 is 4.74 Å². The third-order valence-corrected chi connectivity index (χ3v) is 6.35. The highest BCUT2D eigenvalue weighted by molar-refractivity contribution is 5.66. The van der Waals surface area contributed by atoms with Crippen LogP contribution in [0.2, 0.25) is 0 Å². The molecule has 1 saturated carbocycles. The van der Waals surface area contributed by atoms with E-state index in [1.165, 1.54) is 0 Å². The van der Waals surface area contributed by atoms with Crippen LogP contribution in [0.3, 0.4) is 0 Å². The van der Waals surface area contributed by atoms with Crippen molar-refractivity contribution in [1.29, 1.82) is 0 Å². The van der Waals surface area contributed by atoms with Gasteiger partial charge in [-0.25, -0.2) is 0 Å². The molecule has 5 nitrogen and oxygen atoms in total. The normalized spacial score (nSPS) is 29.4. The van der Waals surface area contributed by atoms with Crippen molar-refractivity contribution in [2.24, 2.45) is 11.3 Å². The maximum atomic E-state index is 11.1. The Hall–Kier alpha value is -2.29. The number of hydrogen-bond donors (Lipinski definition) is 3. The Morgan fingerprint density at radius 3 is 2.90 bits per heavy atom. The van der Waals surface area contributed by atoms with E-state index in [1.54, 1.807) is 13.0 Å². The van der Waals surface area contributed by atoms with Crippen molar-refractivity contribution in [3.05, 3.63) is 42.0 Å². The van der Waals surface area contributed by atoms with Crippen molar-refractivity contribution in [3.63, 3.8) is 0 Å². The van der Waals surface area contributed by atoms with Crippen molar-refractivity contribution >= 4 is 5.97 Å². The number of hydrogen-bond acceptors (Lipinski definition) is 4. The van der Waals surface area contributed by atoms with Gasteiger partial charge >= 0.3 is 5.97 Å². The molecule has 1 aliphatic heterocycles. The molecule has 1 unspecified atom stereocenters. The number of ether oxygens (including phenoxy) is 1. The average molecular weight is 398 g/mol. The minimum Gasteiger partial charge on any atom is -0.489 e. The van der Waals surface area contributed by atoms with Crippen molar-refractivity contribution in [2.45, 2.75) is 70.2 Å². The number of para-hydroxylation sites is 1. The first kappa shape index (κ1) is 21.4. The lowest BCUT2D eigenvalue weighted by Crippen LogP contribution is -2.34. The molecule has 0 bridgehead atoms. The lowest BCUT2D eigenvalue weighted by atomic mass is 9.69. The van der Waals surface area contributed by atoms with Crippen molar-refractivity contribution in [2.75, 3.05) is 0 Å². The summed E-state index contributed by atoms with van der Waals surface area (Å²) < 4.78 is 6.10. The van der Waals surface area contributed by atoms with E-state index in [0.29, 0.717) is 25.7 Å². The summed E-state index contributed by atoms with van der Waals surface area (Å²) >= 11 is 0. The van der Waals surface area contributed by atoms with Gasteiger partial charge in [0, 0.05) is 36.2 Å². The highest BCUT2D eigenvalue weighted by Crippen LogP contribution is 2.59. The first-order chi connectivity index (χ1) is 13.9. The topological polar surface area (TPSA) is 87.0 Å². The standard InChI is InChI=1S/C24H30O5/c1-3-4-8-16(2)18(25)12-14-24(13-7-11-22(27)28)21(26)15-20-23(24)17-9-5-6-10-19(17)29-20/h5-6,9-10,12,14,16,18,20-21,23,25-26H,7-8,11,13,15H2,1-2H3,(H,27,28)/b14-12+/t16?,18-,20+,21-,23+,24+/m1/s1. The lowest BCUT2D eigenvalue weighted by molar-refractivity contribution is -0.137. The third-order valence-electron chi connectivity index (χ3n) is 6.35. The largest absolute Gasteiger partial charge is 0.489 e. The van der Waals surface area contributed by atoms with E-state index in [9.17, 15) is 15.0 Å². The predicted molar refractivity (Wildman–Crippen MR) is 111 cm³/mol. The molecule has 0 saturated heterocycles. The molecule has 3 rings (SSSR count). The van der Waals surface area contributed by atoms with Crippen LogP contribution in [0.4, 0.5) is 0 Å². The quantitative estimate of drug-likeness (QED) is 0.461. The van der Waals surface area contributed by atoms with Gasteiger partial charge in [-0.15, -0.1) is 11.8 Å². The molecule has 1 aromatic carbocycles. The zero-order valence-electron chi connectivity index (χ0n) is 17.0. The first-order valence-electron chi connectivity index (χ1n) is 10.3. The monoisotopic (exact) mass is 398 g/mol. The average Bonchev–Trinajstić information content (AvgIpc) is 3.18. The summed E-state index contributed by atoms with van der Waals surface area (Å²) in [6.07, 6.45) is 4.31. The van der Waals surface area contributed by atoms with Gasteiger partial charge in [-0.05, 0) is 31.7 Å². The molecule has 5 heteroatoms. The molecule has 0 spiro atoms. The molecule has 156 valence electrons. The van der Waals surface area contributed by atoms with E-state index >= 15 is 0 Å². The summed E-state index contributed by atoms with van der Waals surface area (Å²) in [6.45, 7) is 3.72. The summed E-state index contributed by atoms with van der Waals surface area (Å²) in [5.41, 5.74) is 0.387. The summed E-state index contributed by atoms with van der Waals surface area (Å²) in [5, 5.41) is 30.7. The molecule has 1 aliphatic carbocycles. The second-order valence-electron chi connectivity index (χ2n) is 8.24. The zero-order valence-corrected chi connectivity index (χ0v) is 17.0. The number of aliphatic hydroxyl groups excluding tert-OH is 2. The Bertz CT molecular complexity index is 820. The van der Waals surface area contributed by atoms with Crippen LogP contribution >= 0.6 is 0 Å². The summed E-state index contributed by atoms with van der Waals surface area (Å²) in [4.78, 5) is 11.1. The Kier molecular flexibility index (Phi) is 6.66. The van der Waals surface area contributed by atoms with E-state index in [1.807, 2.05) is 37.3 Å². The number of carbonyl (C=O) groups is 1. The van der Waals surface area contributed by atoms with E-state index in [4.69, 9.17) is 9.84 Å². The minimum atomic E-state index is -0.844. The highest BCUT2D eigenvalue weighted by atomic mass is 16.5. The molecule has 0 amide bonds. The third kappa shape index (κ3) is 4.34. The molecular formula is C24H30O5. The van der Waals surface area contributed by atoms with Crippen LogP contribution in [0.15, 0.2) is 36.4 Å². The van der Waals surface area contributed by atoms with Crippen LogP contribution in [0.25, 0.3) is 0 Å². The van der Waals surface area contributed by atoms with E-state index in [2.05, 4.69) is 11.8 Å². The summed E-state index contributed by atoms with van der Waals surface area (Å²) in [7, 11) is 0. The SMILES string of the molecule is CC#CCC(C)[C@H](O)/C=C/[C@@]1(CCCC(=O)O)[C@H](O)C[C@@H]2Oc3ccccc3[C@@H]21. The van der Waals surface area contributed by atoms with Crippen LogP contribution in [-0.2, 0) is 4.79 Å². The summed E-state index contributed by atoms with van der Waals surface area (Å²) in [6, 6.07) is 7.85. The Labute approximate surface area is 172 Å². The van der Waals surface area contributed by atoms with Gasteiger partial charge in [-0.3, -0.25) is 4.79 Å². The Morgan fingerprint density at radius 1 is 1.41 bits per heavy atom. The van der Waals surface area contributed by atoms with Gasteiger partial charge in [-0.1, -0.05) is 37.3 Å². The maximum Gasteiger partial charge on any atom is 0.303 e. The van der Waals surface area contributed by atoms with E-state index in [-0.39, 0.29) is 24.4 Å². The molecule has 1 heterocycles. The molecule has 2 aliphatic rings. The maximum absolute atomic E-state index is 11.1. The smallest absolute Gasteiger partial charge is 0.303 e. The molecule has 0 aromatic heterocycles. The number of carboxylic acid groups (broad SMARTS) is 1. The number of fused-ring (bicyclic) bond motifs is 3. The van der Waals surface area contributed by atoms with Gasteiger partial charge in [-0.2, -0.15) is 0 Å². The van der Waals surface area contributed by atoms with Crippen LogP contribution in [-0.4, -0.2) is 39.6 Å². The van der Waals surface area contributed by atoms with Gasteiger partial charge < -0.3 is 20.1 Å². The van der Waals surface area contributed by atoms with Gasteiger partial charge in [0.25, 0.3) is 0 Å². The first-order valence-corrected chi connectivity index (χ1v) is 10.3. The molecule has 1 aromatic rings. The molecule has 3 N–H and O–H groups in total. The van der Waals surface area contributed by atoms with Gasteiger partial charge in [0.2, 0.25) is 0 Å². The van der Waals surface area contributed by atoms with Crippen LogP contribution in [0.5, 0.6) is 5.75 Å². The van der Waals surface area contributed by atoms with E-state index in [0.717, 1.165) is 11.3 Å². The molecule has 6 atom stereocenters. The predicted octanol–water partition coefficient (Wildman–Crippen LogP) is 3.50. The Morgan fingerprint density at radius 2 is 2.17 bits per heavy atom. The number of aliphatic carboxylic acids is 1. The zero-order chi connectivity index (χ0) is 21.0. The van der Waals surface area contributed by atoms with Gasteiger partial charge in [0.05, 0.1) is 12.2 Å². The van der Waals surface area contributed by atoms with Crippen LogP contribution in [0.1, 0.15) is 57.4 Å². The molecule has 1 fully saturated rings. The Balaban J connectivity index is 1.91. The van der Waals surface area contributed by atoms with Gasteiger partial charge in [0.1, 0.15) is 11.9 Å². The van der Waals surface area contributed by atoms with Crippen molar-refractivity contribution < 1.29 is 24.9 Å². The summed E-state index contributed by atoms with van der Waals surface area (Å²) in [5.74, 6) is 5.74. The fraction of sp³-hybridized carbons (Fsp3) is 0.542. The van der Waals surface area contributed by atoms with Crippen molar-refractivity contribution in [1.82, 2.24) is 0 Å². The number of carboxylic acids is 1.